The average molecular weight is 257 g/mol. The number of oxime groups is 1. The summed E-state index contributed by atoms with van der Waals surface area (Å²) < 4.78 is 23.7. The van der Waals surface area contributed by atoms with Crippen molar-refractivity contribution in [2.45, 2.75) is 6.54 Å². The highest BCUT2D eigenvalue weighted by atomic mass is 32.2. The number of nitrogens with zero attached hydrogens (tertiary/aromatic N) is 2. The molecule has 0 saturated carbocycles. The highest BCUT2D eigenvalue weighted by molar-refractivity contribution is 7.88. The summed E-state index contributed by atoms with van der Waals surface area (Å²) in [5, 5.41) is 11.4. The van der Waals surface area contributed by atoms with E-state index in [1.807, 2.05) is 0 Å². The molecule has 3 N–H and O–H groups in total. The predicted molar refractivity (Wildman–Crippen MR) is 65.3 cm³/mol. The van der Waals surface area contributed by atoms with Gasteiger partial charge in [-0.2, -0.15) is 0 Å². The van der Waals surface area contributed by atoms with E-state index < -0.39 is 10.0 Å². The highest BCUT2D eigenvalue weighted by Gasteiger charge is 2.11. The van der Waals surface area contributed by atoms with Gasteiger partial charge in [-0.15, -0.1) is 0 Å². The number of rotatable bonds is 4. The van der Waals surface area contributed by atoms with E-state index >= 15 is 0 Å². The molecule has 0 aliphatic rings. The molecule has 0 aromatic heterocycles. The van der Waals surface area contributed by atoms with Crippen LogP contribution in [0, 0.1) is 0 Å². The SMILES string of the molecule is CN(Cc1ccc(/C(N)=N/O)cc1)S(C)(=O)=O. The lowest BCUT2D eigenvalue weighted by Gasteiger charge is -2.14. The standard InChI is InChI=1S/C10H15N3O3S/c1-13(17(2,15)16)7-8-3-5-9(6-4-8)10(11)12-14/h3-6,14H,7H2,1-2H3,(H2,11,12). The van der Waals surface area contributed by atoms with E-state index in [-0.39, 0.29) is 12.4 Å². The predicted octanol–water partition coefficient (Wildman–Crippen LogP) is 0.172. The number of nitrogens with two attached hydrogens (primary N) is 1. The molecule has 0 bridgehead atoms. The van der Waals surface area contributed by atoms with E-state index in [2.05, 4.69) is 5.16 Å². The van der Waals surface area contributed by atoms with Gasteiger partial charge in [-0.3, -0.25) is 0 Å². The van der Waals surface area contributed by atoms with Gasteiger partial charge in [0.2, 0.25) is 10.0 Å². The van der Waals surface area contributed by atoms with Gasteiger partial charge in [-0.25, -0.2) is 12.7 Å². The molecule has 1 aromatic carbocycles. The zero-order valence-corrected chi connectivity index (χ0v) is 10.5. The number of amidine groups is 1. The lowest BCUT2D eigenvalue weighted by atomic mass is 10.1. The lowest BCUT2D eigenvalue weighted by Crippen LogP contribution is -2.24. The molecule has 1 aromatic rings. The van der Waals surface area contributed by atoms with Crippen LogP contribution in [-0.4, -0.2) is 37.1 Å². The fourth-order valence-electron chi connectivity index (χ4n) is 1.21. The van der Waals surface area contributed by atoms with Crippen molar-refractivity contribution in [3.8, 4) is 0 Å². The van der Waals surface area contributed by atoms with Gasteiger partial charge in [0.05, 0.1) is 6.26 Å². The molecular weight excluding hydrogens is 242 g/mol. The van der Waals surface area contributed by atoms with Gasteiger partial charge in [-0.05, 0) is 5.56 Å². The topological polar surface area (TPSA) is 96.0 Å². The van der Waals surface area contributed by atoms with Crippen LogP contribution in [0.25, 0.3) is 0 Å². The minimum Gasteiger partial charge on any atom is -0.409 e. The Bertz CT molecular complexity index is 508. The molecule has 0 aliphatic heterocycles. The number of benzene rings is 1. The summed E-state index contributed by atoms with van der Waals surface area (Å²) in [5.41, 5.74) is 6.82. The maximum Gasteiger partial charge on any atom is 0.211 e. The van der Waals surface area contributed by atoms with Gasteiger partial charge in [0, 0.05) is 19.2 Å². The van der Waals surface area contributed by atoms with Gasteiger partial charge in [-0.1, -0.05) is 29.4 Å². The van der Waals surface area contributed by atoms with Gasteiger partial charge < -0.3 is 10.9 Å². The van der Waals surface area contributed by atoms with Crippen LogP contribution in [0.1, 0.15) is 11.1 Å². The van der Waals surface area contributed by atoms with Gasteiger partial charge in [0.15, 0.2) is 5.84 Å². The molecule has 7 heteroatoms. The molecule has 17 heavy (non-hydrogen) atoms. The third-order valence-electron chi connectivity index (χ3n) is 2.33. The van der Waals surface area contributed by atoms with Crippen molar-refractivity contribution >= 4 is 15.9 Å². The fraction of sp³-hybridized carbons (Fsp3) is 0.300. The second-order valence-electron chi connectivity index (χ2n) is 3.70. The van der Waals surface area contributed by atoms with Crippen LogP contribution in [0.2, 0.25) is 0 Å². The molecule has 6 nitrogen and oxygen atoms in total. The molecule has 1 rings (SSSR count). The van der Waals surface area contributed by atoms with Crippen LogP contribution >= 0.6 is 0 Å². The maximum absolute atomic E-state index is 11.2. The maximum atomic E-state index is 11.2. The first kappa shape index (κ1) is 13.5. The van der Waals surface area contributed by atoms with Crippen LogP contribution in [0.4, 0.5) is 0 Å². The smallest absolute Gasteiger partial charge is 0.211 e. The first-order valence-electron chi connectivity index (χ1n) is 4.82. The molecule has 0 aliphatic carbocycles. The zero-order chi connectivity index (χ0) is 13.1. The van der Waals surface area contributed by atoms with E-state index in [4.69, 9.17) is 10.9 Å². The molecule has 0 saturated heterocycles. The molecule has 0 fully saturated rings. The summed E-state index contributed by atoms with van der Waals surface area (Å²) in [6.07, 6.45) is 1.15. The molecule has 0 amide bonds. The Morgan fingerprint density at radius 3 is 2.35 bits per heavy atom. The van der Waals surface area contributed by atoms with Crippen molar-refractivity contribution in [3.63, 3.8) is 0 Å². The highest BCUT2D eigenvalue weighted by Crippen LogP contribution is 2.08. The van der Waals surface area contributed by atoms with E-state index in [9.17, 15) is 8.42 Å². The first-order chi connectivity index (χ1) is 7.84. The summed E-state index contributed by atoms with van der Waals surface area (Å²) in [6.45, 7) is 0.287. The Labute approximate surface area is 100 Å². The Balaban J connectivity index is 2.83. The lowest BCUT2D eigenvalue weighted by molar-refractivity contribution is 0.318. The van der Waals surface area contributed by atoms with Gasteiger partial charge in [0.25, 0.3) is 0 Å². The largest absolute Gasteiger partial charge is 0.409 e. The number of hydrogen-bond acceptors (Lipinski definition) is 4. The Kier molecular flexibility index (Phi) is 4.08. The normalized spacial score (nSPS) is 13.0. The monoisotopic (exact) mass is 257 g/mol. The van der Waals surface area contributed by atoms with Crippen LogP contribution in [0.3, 0.4) is 0 Å². The van der Waals surface area contributed by atoms with E-state index in [1.54, 1.807) is 24.3 Å². The summed E-state index contributed by atoms with van der Waals surface area (Å²) in [6, 6.07) is 6.80. The van der Waals surface area contributed by atoms with Gasteiger partial charge in [0.1, 0.15) is 0 Å². The number of hydrogen-bond donors (Lipinski definition) is 2. The Morgan fingerprint density at radius 1 is 1.41 bits per heavy atom. The third kappa shape index (κ3) is 3.72. The van der Waals surface area contributed by atoms with Crippen molar-refractivity contribution in [1.29, 1.82) is 0 Å². The summed E-state index contributed by atoms with van der Waals surface area (Å²) in [7, 11) is -1.68. The Hall–Kier alpha value is -1.60. The molecule has 0 radical (unpaired) electrons. The van der Waals surface area contributed by atoms with Crippen molar-refractivity contribution in [1.82, 2.24) is 4.31 Å². The second kappa shape index (κ2) is 5.15. The summed E-state index contributed by atoms with van der Waals surface area (Å²) >= 11 is 0. The van der Waals surface area contributed by atoms with Crippen molar-refractivity contribution in [2.75, 3.05) is 13.3 Å². The zero-order valence-electron chi connectivity index (χ0n) is 9.66. The molecule has 0 heterocycles. The molecule has 94 valence electrons. The average Bonchev–Trinajstić information content (AvgIpc) is 2.27. The number of sulfonamides is 1. The van der Waals surface area contributed by atoms with Crippen molar-refractivity contribution in [3.05, 3.63) is 35.4 Å². The van der Waals surface area contributed by atoms with Crippen LogP contribution in [0.15, 0.2) is 29.4 Å². The van der Waals surface area contributed by atoms with E-state index in [1.165, 1.54) is 11.4 Å². The minimum absolute atomic E-state index is 0.0213. The van der Waals surface area contributed by atoms with E-state index in [0.29, 0.717) is 5.56 Å². The molecule has 0 unspecified atom stereocenters. The quantitative estimate of drug-likeness (QED) is 0.348. The van der Waals surface area contributed by atoms with Crippen LogP contribution in [-0.2, 0) is 16.6 Å². The second-order valence-corrected chi connectivity index (χ2v) is 5.79. The molecular formula is C10H15N3O3S. The van der Waals surface area contributed by atoms with Crippen molar-refractivity contribution in [2.24, 2.45) is 10.9 Å². The van der Waals surface area contributed by atoms with Crippen LogP contribution < -0.4 is 5.73 Å². The molecule has 0 spiro atoms. The third-order valence-corrected chi connectivity index (χ3v) is 3.59. The Morgan fingerprint density at radius 2 is 1.94 bits per heavy atom. The minimum atomic E-state index is -3.19. The fourth-order valence-corrected chi connectivity index (χ4v) is 1.60. The van der Waals surface area contributed by atoms with Crippen LogP contribution in [0.5, 0.6) is 0 Å². The first-order valence-corrected chi connectivity index (χ1v) is 6.67. The van der Waals surface area contributed by atoms with Crippen molar-refractivity contribution < 1.29 is 13.6 Å². The van der Waals surface area contributed by atoms with E-state index in [0.717, 1.165) is 11.8 Å². The summed E-state index contributed by atoms with van der Waals surface area (Å²) in [5.74, 6) is 0.0213. The van der Waals surface area contributed by atoms with Gasteiger partial charge >= 0.3 is 0 Å². The molecule has 0 atom stereocenters. The summed E-state index contributed by atoms with van der Waals surface area (Å²) in [4.78, 5) is 0.